The van der Waals surface area contributed by atoms with Crippen LogP contribution in [0.25, 0.3) is 10.9 Å². The summed E-state index contributed by atoms with van der Waals surface area (Å²) >= 11 is 0. The maximum atomic E-state index is 13.9. The number of halogens is 1. The first kappa shape index (κ1) is 17.9. The van der Waals surface area contributed by atoms with Gasteiger partial charge in [-0.05, 0) is 59.9 Å². The first-order valence-corrected chi connectivity index (χ1v) is 8.66. The molecular formula is C22H22FNO2. The molecule has 0 amide bonds. The summed E-state index contributed by atoms with van der Waals surface area (Å²) in [5.74, 6) is 0.678. The Morgan fingerprint density at radius 1 is 1.23 bits per heavy atom. The number of carbonyl (C=O) groups is 1. The molecule has 2 aromatic carbocycles. The van der Waals surface area contributed by atoms with Gasteiger partial charge in [0.15, 0.2) is 0 Å². The van der Waals surface area contributed by atoms with E-state index in [9.17, 15) is 9.18 Å². The predicted molar refractivity (Wildman–Crippen MR) is 102 cm³/mol. The highest BCUT2D eigenvalue weighted by Gasteiger charge is 2.10. The van der Waals surface area contributed by atoms with Gasteiger partial charge in [-0.1, -0.05) is 32.6 Å². The third-order valence-corrected chi connectivity index (χ3v) is 4.16. The summed E-state index contributed by atoms with van der Waals surface area (Å²) in [6.07, 6.45) is 3.80. The standard InChI is InChI=1S/C22H22FNO2/c1-4-22(25)24-9-8-19-20(24)6-5-7-21(19)26-14-17-11-16(10-15(2)3)12-18(23)13-17/h4-9,11-13,15H,1,10,14H2,2-3H3. The van der Waals surface area contributed by atoms with Crippen molar-refractivity contribution in [1.29, 1.82) is 0 Å². The SMILES string of the molecule is C=CC(=O)n1ccc2c(OCc3cc(F)cc(CC(C)C)c3)cccc21. The van der Waals surface area contributed by atoms with E-state index < -0.39 is 0 Å². The zero-order valence-electron chi connectivity index (χ0n) is 15.0. The van der Waals surface area contributed by atoms with Crippen LogP contribution in [0.15, 0.2) is 61.3 Å². The van der Waals surface area contributed by atoms with E-state index in [1.807, 2.05) is 30.3 Å². The molecule has 0 aliphatic carbocycles. The molecule has 0 bridgehead atoms. The van der Waals surface area contributed by atoms with E-state index in [0.717, 1.165) is 28.5 Å². The highest BCUT2D eigenvalue weighted by Crippen LogP contribution is 2.27. The van der Waals surface area contributed by atoms with Gasteiger partial charge in [0.1, 0.15) is 18.2 Å². The molecule has 134 valence electrons. The molecule has 3 aromatic rings. The zero-order valence-corrected chi connectivity index (χ0v) is 15.0. The minimum absolute atomic E-state index is 0.194. The summed E-state index contributed by atoms with van der Waals surface area (Å²) in [6.45, 7) is 8.00. The van der Waals surface area contributed by atoms with Crippen molar-refractivity contribution in [3.8, 4) is 5.75 Å². The van der Waals surface area contributed by atoms with Crippen LogP contribution in [0.3, 0.4) is 0 Å². The number of rotatable bonds is 6. The average molecular weight is 351 g/mol. The number of aromatic nitrogens is 1. The molecule has 1 heterocycles. The van der Waals surface area contributed by atoms with Crippen LogP contribution in [-0.2, 0) is 13.0 Å². The lowest BCUT2D eigenvalue weighted by atomic mass is 10.0. The number of fused-ring (bicyclic) bond motifs is 1. The Morgan fingerprint density at radius 3 is 2.73 bits per heavy atom. The Hall–Kier alpha value is -2.88. The quantitative estimate of drug-likeness (QED) is 0.558. The number of carbonyl (C=O) groups excluding carboxylic acids is 1. The zero-order chi connectivity index (χ0) is 18.7. The van der Waals surface area contributed by atoms with Crippen molar-refractivity contribution in [2.45, 2.75) is 26.9 Å². The smallest absolute Gasteiger partial charge is 0.254 e. The van der Waals surface area contributed by atoms with Crippen molar-refractivity contribution >= 4 is 16.8 Å². The molecule has 26 heavy (non-hydrogen) atoms. The molecule has 4 heteroatoms. The van der Waals surface area contributed by atoms with E-state index >= 15 is 0 Å². The van der Waals surface area contributed by atoms with Gasteiger partial charge in [-0.3, -0.25) is 9.36 Å². The molecule has 3 rings (SSSR count). The van der Waals surface area contributed by atoms with Gasteiger partial charge in [0.25, 0.3) is 5.91 Å². The topological polar surface area (TPSA) is 31.2 Å². The average Bonchev–Trinajstić information content (AvgIpc) is 3.03. The predicted octanol–water partition coefficient (Wildman–Crippen LogP) is 5.38. The molecule has 0 spiro atoms. The van der Waals surface area contributed by atoms with E-state index in [4.69, 9.17) is 4.74 Å². The highest BCUT2D eigenvalue weighted by atomic mass is 19.1. The Labute approximate surface area is 152 Å². The summed E-state index contributed by atoms with van der Waals surface area (Å²) in [5, 5.41) is 0.835. The third-order valence-electron chi connectivity index (χ3n) is 4.16. The van der Waals surface area contributed by atoms with Gasteiger partial charge in [-0.2, -0.15) is 0 Å². The number of hydrogen-bond acceptors (Lipinski definition) is 2. The van der Waals surface area contributed by atoms with E-state index in [2.05, 4.69) is 20.4 Å². The number of allylic oxidation sites excluding steroid dienone is 1. The van der Waals surface area contributed by atoms with E-state index in [-0.39, 0.29) is 18.3 Å². The Balaban J connectivity index is 1.84. The van der Waals surface area contributed by atoms with Crippen molar-refractivity contribution in [2.24, 2.45) is 5.92 Å². The van der Waals surface area contributed by atoms with Crippen LogP contribution in [0.4, 0.5) is 4.39 Å². The third kappa shape index (κ3) is 3.85. The summed E-state index contributed by atoms with van der Waals surface area (Å²) in [7, 11) is 0. The maximum Gasteiger partial charge on any atom is 0.254 e. The van der Waals surface area contributed by atoms with E-state index in [1.165, 1.54) is 16.7 Å². The summed E-state index contributed by atoms with van der Waals surface area (Å²) in [6, 6.07) is 12.4. The lowest BCUT2D eigenvalue weighted by Crippen LogP contribution is -2.04. The molecule has 0 fully saturated rings. The number of hydrogen-bond donors (Lipinski definition) is 0. The Bertz CT molecular complexity index is 956. The van der Waals surface area contributed by atoms with Crippen LogP contribution in [0.2, 0.25) is 0 Å². The fourth-order valence-corrected chi connectivity index (χ4v) is 3.11. The van der Waals surface area contributed by atoms with Crippen molar-refractivity contribution in [3.05, 3.63) is 78.3 Å². The summed E-state index contributed by atoms with van der Waals surface area (Å²) in [5.41, 5.74) is 2.52. The second kappa shape index (κ2) is 7.56. The van der Waals surface area contributed by atoms with Gasteiger partial charge in [0, 0.05) is 11.6 Å². The van der Waals surface area contributed by atoms with Crippen LogP contribution in [0.5, 0.6) is 5.75 Å². The van der Waals surface area contributed by atoms with Crippen molar-refractivity contribution < 1.29 is 13.9 Å². The molecule has 3 nitrogen and oxygen atoms in total. The summed E-state index contributed by atoms with van der Waals surface area (Å²) in [4.78, 5) is 11.9. The number of benzene rings is 2. The fourth-order valence-electron chi connectivity index (χ4n) is 3.11. The molecule has 0 saturated heterocycles. The number of ether oxygens (including phenoxy) is 1. The van der Waals surface area contributed by atoms with Crippen molar-refractivity contribution in [3.63, 3.8) is 0 Å². The number of nitrogens with zero attached hydrogens (tertiary/aromatic N) is 1. The lowest BCUT2D eigenvalue weighted by molar-refractivity contribution is 0.0974. The largest absolute Gasteiger partial charge is 0.488 e. The van der Waals surface area contributed by atoms with Gasteiger partial charge in [0.05, 0.1) is 5.52 Å². The van der Waals surface area contributed by atoms with E-state index in [0.29, 0.717) is 11.7 Å². The van der Waals surface area contributed by atoms with E-state index in [1.54, 1.807) is 12.3 Å². The first-order valence-electron chi connectivity index (χ1n) is 8.66. The second-order valence-electron chi connectivity index (χ2n) is 6.77. The molecule has 0 aliphatic heterocycles. The van der Waals surface area contributed by atoms with Crippen LogP contribution in [0, 0.1) is 11.7 Å². The Kier molecular flexibility index (Phi) is 5.21. The maximum absolute atomic E-state index is 13.9. The first-order chi connectivity index (χ1) is 12.5. The minimum Gasteiger partial charge on any atom is -0.488 e. The van der Waals surface area contributed by atoms with Crippen LogP contribution in [-0.4, -0.2) is 10.5 Å². The van der Waals surface area contributed by atoms with Crippen LogP contribution in [0.1, 0.15) is 29.8 Å². The van der Waals surface area contributed by atoms with Crippen molar-refractivity contribution in [2.75, 3.05) is 0 Å². The van der Waals surface area contributed by atoms with Gasteiger partial charge in [0.2, 0.25) is 0 Å². The van der Waals surface area contributed by atoms with Gasteiger partial charge in [-0.15, -0.1) is 0 Å². The fraction of sp³-hybridized carbons (Fsp3) is 0.227. The Morgan fingerprint density at radius 2 is 2.00 bits per heavy atom. The van der Waals surface area contributed by atoms with Gasteiger partial charge in [-0.25, -0.2) is 4.39 Å². The minimum atomic E-state index is -0.248. The normalized spacial score (nSPS) is 11.1. The molecule has 0 atom stereocenters. The monoisotopic (exact) mass is 351 g/mol. The molecule has 0 saturated carbocycles. The van der Waals surface area contributed by atoms with Gasteiger partial charge >= 0.3 is 0 Å². The molecule has 1 aromatic heterocycles. The van der Waals surface area contributed by atoms with Crippen LogP contribution >= 0.6 is 0 Å². The molecule has 0 N–H and O–H groups in total. The molecule has 0 unspecified atom stereocenters. The van der Waals surface area contributed by atoms with Gasteiger partial charge < -0.3 is 4.74 Å². The molecule has 0 aliphatic rings. The molecule has 0 radical (unpaired) electrons. The van der Waals surface area contributed by atoms with Crippen LogP contribution < -0.4 is 4.74 Å². The summed E-state index contributed by atoms with van der Waals surface area (Å²) < 4.78 is 21.3. The lowest BCUT2D eigenvalue weighted by Gasteiger charge is -2.11. The second-order valence-corrected chi connectivity index (χ2v) is 6.77. The van der Waals surface area contributed by atoms with Crippen molar-refractivity contribution in [1.82, 2.24) is 4.57 Å². The highest BCUT2D eigenvalue weighted by molar-refractivity contribution is 5.99. The molecular weight excluding hydrogens is 329 g/mol.